The number of thioether (sulfide) groups is 2. The summed E-state index contributed by atoms with van der Waals surface area (Å²) < 4.78 is 2.00. The minimum atomic E-state index is -0.112. The van der Waals surface area contributed by atoms with Crippen LogP contribution in [0.15, 0.2) is 35.6 Å². The van der Waals surface area contributed by atoms with E-state index in [0.29, 0.717) is 6.54 Å². The number of halogens is 1. The molecule has 1 heterocycles. The van der Waals surface area contributed by atoms with Gasteiger partial charge in [0.05, 0.1) is 23.7 Å². The maximum absolute atomic E-state index is 12.2. The molecule has 0 spiro atoms. The van der Waals surface area contributed by atoms with E-state index in [2.05, 4.69) is 10.3 Å². The summed E-state index contributed by atoms with van der Waals surface area (Å²) in [6.07, 6.45) is 3.79. The summed E-state index contributed by atoms with van der Waals surface area (Å²) in [5, 5.41) is 4.53. The number of rotatable bonds is 7. The zero-order valence-electron chi connectivity index (χ0n) is 13.4. The fourth-order valence-electron chi connectivity index (χ4n) is 1.98. The summed E-state index contributed by atoms with van der Waals surface area (Å²) in [6.45, 7) is 2.42. The number of nitrogens with zero attached hydrogens (tertiary/aromatic N) is 2. The van der Waals surface area contributed by atoms with Gasteiger partial charge in [-0.15, -0.1) is 11.8 Å². The molecule has 2 aromatic rings. The average Bonchev–Trinajstić information content (AvgIpc) is 2.91. The molecule has 0 fully saturated rings. The minimum Gasteiger partial charge on any atom is -0.350 e. The van der Waals surface area contributed by atoms with Gasteiger partial charge in [0, 0.05) is 17.8 Å². The molecule has 1 amide bonds. The summed E-state index contributed by atoms with van der Waals surface area (Å²) >= 11 is 9.07. The Kier molecular flexibility index (Phi) is 6.87. The lowest BCUT2D eigenvalue weighted by Crippen LogP contribution is -2.31. The predicted octanol–water partition coefficient (Wildman–Crippen LogP) is 3.73. The van der Waals surface area contributed by atoms with Gasteiger partial charge < -0.3 is 9.88 Å². The van der Waals surface area contributed by atoms with E-state index >= 15 is 0 Å². The lowest BCUT2D eigenvalue weighted by atomic mass is 10.2. The molecule has 1 unspecified atom stereocenters. The Hall–Kier alpha value is -1.11. The van der Waals surface area contributed by atoms with E-state index in [0.717, 1.165) is 27.2 Å². The molecule has 1 aromatic heterocycles. The van der Waals surface area contributed by atoms with Crippen molar-refractivity contribution in [2.75, 3.05) is 6.26 Å². The van der Waals surface area contributed by atoms with E-state index in [1.54, 1.807) is 29.7 Å². The zero-order chi connectivity index (χ0) is 16.8. The van der Waals surface area contributed by atoms with Crippen molar-refractivity contribution >= 4 is 41.0 Å². The predicted molar refractivity (Wildman–Crippen MR) is 99.0 cm³/mol. The van der Waals surface area contributed by atoms with Crippen LogP contribution in [0.4, 0.5) is 0 Å². The van der Waals surface area contributed by atoms with Crippen LogP contribution in [0.5, 0.6) is 0 Å². The van der Waals surface area contributed by atoms with Crippen LogP contribution in [0.3, 0.4) is 0 Å². The average molecular weight is 370 g/mol. The molecule has 4 nitrogen and oxygen atoms in total. The van der Waals surface area contributed by atoms with Crippen molar-refractivity contribution in [1.29, 1.82) is 0 Å². The Bertz CT molecular complexity index is 658. The number of hydrogen-bond acceptors (Lipinski definition) is 4. The molecule has 2 rings (SSSR count). The zero-order valence-corrected chi connectivity index (χ0v) is 15.8. The largest absolute Gasteiger partial charge is 0.350 e. The van der Waals surface area contributed by atoms with E-state index in [9.17, 15) is 4.79 Å². The van der Waals surface area contributed by atoms with Crippen LogP contribution in [0.2, 0.25) is 5.02 Å². The van der Waals surface area contributed by atoms with E-state index < -0.39 is 0 Å². The summed E-state index contributed by atoms with van der Waals surface area (Å²) in [4.78, 5) is 16.5. The van der Waals surface area contributed by atoms with Crippen LogP contribution in [0.25, 0.3) is 0 Å². The van der Waals surface area contributed by atoms with Crippen molar-refractivity contribution in [3.05, 3.63) is 46.7 Å². The van der Waals surface area contributed by atoms with Crippen LogP contribution in [0, 0.1) is 0 Å². The highest BCUT2D eigenvalue weighted by Crippen LogP contribution is 2.20. The molecule has 1 aromatic carbocycles. The van der Waals surface area contributed by atoms with Gasteiger partial charge in [0.25, 0.3) is 0 Å². The molecule has 0 aliphatic rings. The van der Waals surface area contributed by atoms with Gasteiger partial charge in [-0.25, -0.2) is 4.98 Å². The second-order valence-electron chi connectivity index (χ2n) is 5.09. The Labute approximate surface area is 150 Å². The third kappa shape index (κ3) is 5.19. The minimum absolute atomic E-state index is 0.0378. The van der Waals surface area contributed by atoms with Crippen molar-refractivity contribution < 1.29 is 4.79 Å². The Balaban J connectivity index is 1.80. The Morgan fingerprint density at radius 2 is 2.09 bits per heavy atom. The smallest absolute Gasteiger partial charge is 0.233 e. The molecule has 0 radical (unpaired) electrons. The molecule has 0 aliphatic carbocycles. The first-order chi connectivity index (χ1) is 11.0. The standard InChI is InChI=1S/C16H20ClN3OS2/c1-11(23-10-12-4-6-13(17)7-5-12)15(21)18-8-14-9-19-16(22-3)20(14)2/h4-7,9,11H,8,10H2,1-3H3,(H,18,21). The molecule has 0 saturated heterocycles. The summed E-state index contributed by atoms with van der Waals surface area (Å²) in [5.41, 5.74) is 2.16. The number of aromatic nitrogens is 2. The SMILES string of the molecule is CSc1ncc(CNC(=O)C(C)SCc2ccc(Cl)cc2)n1C. The van der Waals surface area contributed by atoms with Crippen molar-refractivity contribution in [2.45, 2.75) is 29.6 Å². The lowest BCUT2D eigenvalue weighted by molar-refractivity contribution is -0.120. The van der Waals surface area contributed by atoms with Gasteiger partial charge in [-0.3, -0.25) is 4.79 Å². The number of carbonyl (C=O) groups is 1. The quantitative estimate of drug-likeness (QED) is 0.755. The van der Waals surface area contributed by atoms with Gasteiger partial charge in [-0.05, 0) is 30.9 Å². The second kappa shape index (κ2) is 8.66. The molecular formula is C16H20ClN3OS2. The second-order valence-corrected chi connectivity index (χ2v) is 7.63. The summed E-state index contributed by atoms with van der Waals surface area (Å²) in [6, 6.07) is 7.71. The van der Waals surface area contributed by atoms with Crippen molar-refractivity contribution in [3.63, 3.8) is 0 Å². The first-order valence-corrected chi connectivity index (χ1v) is 9.84. The highest BCUT2D eigenvalue weighted by atomic mass is 35.5. The van der Waals surface area contributed by atoms with Crippen LogP contribution in [0.1, 0.15) is 18.2 Å². The number of carbonyl (C=O) groups excluding carboxylic acids is 1. The Morgan fingerprint density at radius 3 is 2.70 bits per heavy atom. The topological polar surface area (TPSA) is 46.9 Å². The molecule has 0 bridgehead atoms. The third-order valence-corrected chi connectivity index (χ3v) is 5.66. The fourth-order valence-corrected chi connectivity index (χ4v) is 3.52. The van der Waals surface area contributed by atoms with Crippen LogP contribution < -0.4 is 5.32 Å². The highest BCUT2D eigenvalue weighted by Gasteiger charge is 2.14. The number of amides is 1. The van der Waals surface area contributed by atoms with Crippen molar-refractivity contribution in [3.8, 4) is 0 Å². The van der Waals surface area contributed by atoms with E-state index in [4.69, 9.17) is 11.6 Å². The Morgan fingerprint density at radius 1 is 1.39 bits per heavy atom. The van der Waals surface area contributed by atoms with Crippen LogP contribution in [-0.2, 0) is 24.1 Å². The monoisotopic (exact) mass is 369 g/mol. The van der Waals surface area contributed by atoms with E-state index in [-0.39, 0.29) is 11.2 Å². The van der Waals surface area contributed by atoms with E-state index in [1.807, 2.05) is 49.1 Å². The fraction of sp³-hybridized carbons (Fsp3) is 0.375. The van der Waals surface area contributed by atoms with Gasteiger partial charge in [0.15, 0.2) is 5.16 Å². The van der Waals surface area contributed by atoms with Crippen LogP contribution >= 0.6 is 35.1 Å². The van der Waals surface area contributed by atoms with Gasteiger partial charge in [0.1, 0.15) is 0 Å². The maximum atomic E-state index is 12.2. The number of hydrogen-bond donors (Lipinski definition) is 1. The van der Waals surface area contributed by atoms with E-state index in [1.165, 1.54) is 0 Å². The number of imidazole rings is 1. The summed E-state index contributed by atoms with van der Waals surface area (Å²) in [7, 11) is 1.96. The molecule has 7 heteroatoms. The maximum Gasteiger partial charge on any atom is 0.233 e. The lowest BCUT2D eigenvalue weighted by Gasteiger charge is -2.12. The van der Waals surface area contributed by atoms with Gasteiger partial charge in [-0.1, -0.05) is 35.5 Å². The van der Waals surface area contributed by atoms with Crippen LogP contribution in [-0.4, -0.2) is 27.0 Å². The third-order valence-electron chi connectivity index (χ3n) is 3.45. The van der Waals surface area contributed by atoms with Crippen molar-refractivity contribution in [2.24, 2.45) is 7.05 Å². The number of benzene rings is 1. The van der Waals surface area contributed by atoms with Crippen molar-refractivity contribution in [1.82, 2.24) is 14.9 Å². The molecule has 124 valence electrons. The molecule has 1 atom stereocenters. The summed E-state index contributed by atoms with van der Waals surface area (Å²) in [5.74, 6) is 0.824. The molecule has 1 N–H and O–H groups in total. The normalized spacial score (nSPS) is 12.2. The molecular weight excluding hydrogens is 350 g/mol. The molecule has 0 saturated carbocycles. The first-order valence-electron chi connectivity index (χ1n) is 7.19. The van der Waals surface area contributed by atoms with Gasteiger partial charge in [0.2, 0.25) is 5.91 Å². The molecule has 23 heavy (non-hydrogen) atoms. The molecule has 0 aliphatic heterocycles. The van der Waals surface area contributed by atoms with Gasteiger partial charge >= 0.3 is 0 Å². The highest BCUT2D eigenvalue weighted by molar-refractivity contribution is 7.99. The number of nitrogens with one attached hydrogen (secondary N) is 1. The first kappa shape index (κ1) is 18.2. The van der Waals surface area contributed by atoms with Gasteiger partial charge in [-0.2, -0.15) is 0 Å².